The third-order valence-corrected chi connectivity index (χ3v) is 3.68. The molecule has 2 atom stereocenters. The van der Waals surface area contributed by atoms with Gasteiger partial charge in [0.2, 0.25) is 0 Å². The minimum Gasteiger partial charge on any atom is -0.465 e. The summed E-state index contributed by atoms with van der Waals surface area (Å²) in [6, 6.07) is 0.188. The van der Waals surface area contributed by atoms with Gasteiger partial charge in [0.15, 0.2) is 0 Å². The van der Waals surface area contributed by atoms with E-state index in [1.54, 1.807) is 11.3 Å². The zero-order valence-corrected chi connectivity index (χ0v) is 9.93. The van der Waals surface area contributed by atoms with Crippen molar-refractivity contribution in [1.82, 2.24) is 4.98 Å². The summed E-state index contributed by atoms with van der Waals surface area (Å²) < 4.78 is 5.83. The van der Waals surface area contributed by atoms with E-state index in [1.165, 1.54) is 12.8 Å². The summed E-state index contributed by atoms with van der Waals surface area (Å²) in [7, 11) is 0. The van der Waals surface area contributed by atoms with Gasteiger partial charge in [-0.05, 0) is 25.7 Å². The van der Waals surface area contributed by atoms with E-state index in [0.717, 1.165) is 30.2 Å². The average molecular weight is 226 g/mol. The third kappa shape index (κ3) is 2.69. The molecule has 1 fully saturated rings. The van der Waals surface area contributed by atoms with Crippen molar-refractivity contribution in [3.63, 3.8) is 0 Å². The Morgan fingerprint density at radius 2 is 2.33 bits per heavy atom. The van der Waals surface area contributed by atoms with Crippen LogP contribution in [0.25, 0.3) is 0 Å². The van der Waals surface area contributed by atoms with Crippen molar-refractivity contribution in [2.45, 2.75) is 51.2 Å². The molecule has 84 valence electrons. The van der Waals surface area contributed by atoms with Gasteiger partial charge in [0.1, 0.15) is 6.10 Å². The molecule has 0 saturated heterocycles. The highest BCUT2D eigenvalue weighted by Gasteiger charge is 2.24. The van der Waals surface area contributed by atoms with Crippen LogP contribution in [0.1, 0.15) is 38.3 Å². The molecule has 1 aromatic heterocycles. The summed E-state index contributed by atoms with van der Waals surface area (Å²) in [6.45, 7) is 2.10. The summed E-state index contributed by atoms with van der Waals surface area (Å²) in [5.41, 5.74) is 7.13. The topological polar surface area (TPSA) is 48.1 Å². The lowest BCUT2D eigenvalue weighted by molar-refractivity contribution is 0.131. The molecule has 0 aromatic carbocycles. The molecule has 0 bridgehead atoms. The fourth-order valence-electron chi connectivity index (χ4n) is 1.91. The molecule has 1 saturated carbocycles. The molecule has 1 aliphatic rings. The standard InChI is InChI=1S/C11H18N2OS/c1-2-8-7-15-11(13-8)14-10-6-4-3-5-9(10)12/h7,9-10H,2-6,12H2,1H3. The fourth-order valence-corrected chi connectivity index (χ4v) is 2.71. The van der Waals surface area contributed by atoms with Crippen molar-refractivity contribution in [2.24, 2.45) is 5.73 Å². The number of ether oxygens (including phenoxy) is 1. The third-order valence-electron chi connectivity index (χ3n) is 2.90. The van der Waals surface area contributed by atoms with Crippen molar-refractivity contribution in [3.8, 4) is 5.19 Å². The molecular weight excluding hydrogens is 208 g/mol. The Kier molecular flexibility index (Phi) is 3.59. The Morgan fingerprint density at radius 3 is 3.00 bits per heavy atom. The van der Waals surface area contributed by atoms with E-state index in [-0.39, 0.29) is 12.1 Å². The number of aryl methyl sites for hydroxylation is 1. The molecule has 2 N–H and O–H groups in total. The molecule has 1 heterocycles. The van der Waals surface area contributed by atoms with Gasteiger partial charge in [0.25, 0.3) is 5.19 Å². The summed E-state index contributed by atoms with van der Waals surface area (Å²) >= 11 is 1.58. The molecule has 15 heavy (non-hydrogen) atoms. The van der Waals surface area contributed by atoms with Crippen LogP contribution in [-0.2, 0) is 6.42 Å². The number of nitrogens with zero attached hydrogens (tertiary/aromatic N) is 1. The second-order valence-electron chi connectivity index (χ2n) is 4.06. The first-order chi connectivity index (χ1) is 7.29. The molecule has 0 aliphatic heterocycles. The highest BCUT2D eigenvalue weighted by Crippen LogP contribution is 2.25. The van der Waals surface area contributed by atoms with Gasteiger partial charge in [0.05, 0.1) is 5.69 Å². The van der Waals surface area contributed by atoms with Crippen molar-refractivity contribution in [3.05, 3.63) is 11.1 Å². The van der Waals surface area contributed by atoms with Gasteiger partial charge in [-0.1, -0.05) is 24.7 Å². The lowest BCUT2D eigenvalue weighted by atomic mass is 9.93. The van der Waals surface area contributed by atoms with Gasteiger partial charge < -0.3 is 10.5 Å². The van der Waals surface area contributed by atoms with E-state index in [9.17, 15) is 0 Å². The molecule has 0 amide bonds. The number of rotatable bonds is 3. The predicted molar refractivity (Wildman–Crippen MR) is 62.4 cm³/mol. The van der Waals surface area contributed by atoms with E-state index in [1.807, 2.05) is 0 Å². The average Bonchev–Trinajstić information content (AvgIpc) is 2.69. The lowest BCUT2D eigenvalue weighted by Gasteiger charge is -2.27. The van der Waals surface area contributed by atoms with E-state index >= 15 is 0 Å². The number of thiazole rings is 1. The number of hydrogen-bond acceptors (Lipinski definition) is 4. The van der Waals surface area contributed by atoms with Crippen molar-refractivity contribution in [1.29, 1.82) is 0 Å². The SMILES string of the molecule is CCc1csc(OC2CCCCC2N)n1. The van der Waals surface area contributed by atoms with Crippen molar-refractivity contribution < 1.29 is 4.74 Å². The normalized spacial score (nSPS) is 26.5. The smallest absolute Gasteiger partial charge is 0.273 e. The van der Waals surface area contributed by atoms with Crippen LogP contribution in [0.5, 0.6) is 5.19 Å². The molecule has 3 nitrogen and oxygen atoms in total. The quantitative estimate of drug-likeness (QED) is 0.860. The summed E-state index contributed by atoms with van der Waals surface area (Å²) in [5, 5.41) is 2.85. The molecule has 4 heteroatoms. The first-order valence-corrected chi connectivity index (χ1v) is 6.54. The number of aromatic nitrogens is 1. The van der Waals surface area contributed by atoms with E-state index in [2.05, 4.69) is 17.3 Å². The van der Waals surface area contributed by atoms with Gasteiger partial charge in [-0.25, -0.2) is 4.98 Å². The number of hydrogen-bond donors (Lipinski definition) is 1. The van der Waals surface area contributed by atoms with Crippen molar-refractivity contribution >= 4 is 11.3 Å². The summed E-state index contributed by atoms with van der Waals surface area (Å²) in [4.78, 5) is 4.40. The Morgan fingerprint density at radius 1 is 1.53 bits per heavy atom. The van der Waals surface area contributed by atoms with E-state index in [0.29, 0.717) is 0 Å². The molecule has 2 rings (SSSR count). The van der Waals surface area contributed by atoms with Gasteiger partial charge >= 0.3 is 0 Å². The minimum atomic E-state index is 0.176. The van der Waals surface area contributed by atoms with Crippen LogP contribution < -0.4 is 10.5 Å². The first kappa shape index (κ1) is 10.9. The molecule has 2 unspecified atom stereocenters. The molecular formula is C11H18N2OS. The first-order valence-electron chi connectivity index (χ1n) is 5.66. The molecule has 0 radical (unpaired) electrons. The Hall–Kier alpha value is -0.610. The Balaban J connectivity index is 1.95. The maximum absolute atomic E-state index is 6.02. The summed E-state index contributed by atoms with van der Waals surface area (Å²) in [6.07, 6.45) is 5.76. The monoisotopic (exact) mass is 226 g/mol. The largest absolute Gasteiger partial charge is 0.465 e. The Bertz CT molecular complexity index is 313. The number of nitrogens with two attached hydrogens (primary N) is 1. The predicted octanol–water partition coefficient (Wildman–Crippen LogP) is 2.35. The van der Waals surface area contributed by atoms with E-state index in [4.69, 9.17) is 10.5 Å². The van der Waals surface area contributed by atoms with Crippen LogP contribution in [0.3, 0.4) is 0 Å². The lowest BCUT2D eigenvalue weighted by Crippen LogP contribution is -2.41. The van der Waals surface area contributed by atoms with E-state index < -0.39 is 0 Å². The van der Waals surface area contributed by atoms with Gasteiger partial charge in [-0.15, -0.1) is 0 Å². The zero-order valence-electron chi connectivity index (χ0n) is 9.11. The second kappa shape index (κ2) is 4.94. The maximum Gasteiger partial charge on any atom is 0.273 e. The van der Waals surface area contributed by atoms with Crippen LogP contribution in [0.4, 0.5) is 0 Å². The van der Waals surface area contributed by atoms with Crippen LogP contribution in [0.2, 0.25) is 0 Å². The zero-order chi connectivity index (χ0) is 10.7. The van der Waals surface area contributed by atoms with Crippen LogP contribution in [0.15, 0.2) is 5.38 Å². The van der Waals surface area contributed by atoms with Gasteiger partial charge in [-0.2, -0.15) is 0 Å². The highest BCUT2D eigenvalue weighted by molar-refractivity contribution is 7.11. The Labute approximate surface area is 94.7 Å². The maximum atomic E-state index is 6.02. The van der Waals surface area contributed by atoms with Crippen LogP contribution >= 0.6 is 11.3 Å². The summed E-state index contributed by atoms with van der Waals surface area (Å²) in [5.74, 6) is 0. The second-order valence-corrected chi connectivity index (χ2v) is 4.88. The van der Waals surface area contributed by atoms with Crippen LogP contribution in [0, 0.1) is 0 Å². The van der Waals surface area contributed by atoms with Gasteiger partial charge in [0, 0.05) is 11.4 Å². The molecule has 0 spiro atoms. The van der Waals surface area contributed by atoms with Crippen LogP contribution in [-0.4, -0.2) is 17.1 Å². The molecule has 1 aliphatic carbocycles. The fraction of sp³-hybridized carbons (Fsp3) is 0.727. The minimum absolute atomic E-state index is 0.176. The highest BCUT2D eigenvalue weighted by atomic mass is 32.1. The van der Waals surface area contributed by atoms with Crippen molar-refractivity contribution in [2.75, 3.05) is 0 Å². The van der Waals surface area contributed by atoms with Gasteiger partial charge in [-0.3, -0.25) is 0 Å². The molecule has 1 aromatic rings.